The molecule has 128 valence electrons. The maximum absolute atomic E-state index is 13.5. The molecule has 0 saturated heterocycles. The van der Waals surface area contributed by atoms with Gasteiger partial charge in [-0.15, -0.1) is 0 Å². The van der Waals surface area contributed by atoms with Gasteiger partial charge in [0.2, 0.25) is 15.9 Å². The fraction of sp³-hybridized carbons (Fsp3) is 0.133. The minimum absolute atomic E-state index is 0.0337. The first-order chi connectivity index (χ1) is 11.2. The van der Waals surface area contributed by atoms with Gasteiger partial charge in [-0.2, -0.15) is 4.72 Å². The Morgan fingerprint density at radius 3 is 2.50 bits per heavy atom. The van der Waals surface area contributed by atoms with Crippen LogP contribution < -0.4 is 10.0 Å². The molecule has 0 aromatic heterocycles. The highest BCUT2D eigenvalue weighted by Crippen LogP contribution is 2.25. The van der Waals surface area contributed by atoms with E-state index in [0.717, 1.165) is 0 Å². The second kappa shape index (κ2) is 7.48. The lowest BCUT2D eigenvalue weighted by Crippen LogP contribution is -2.41. The van der Waals surface area contributed by atoms with Gasteiger partial charge in [-0.25, -0.2) is 12.8 Å². The molecule has 0 saturated carbocycles. The van der Waals surface area contributed by atoms with E-state index < -0.39 is 27.8 Å². The number of benzene rings is 2. The molecule has 0 fully saturated rings. The van der Waals surface area contributed by atoms with Gasteiger partial charge in [0.1, 0.15) is 10.7 Å². The number of halogens is 3. The van der Waals surface area contributed by atoms with Crippen molar-refractivity contribution in [3.05, 3.63) is 58.3 Å². The van der Waals surface area contributed by atoms with E-state index >= 15 is 0 Å². The number of amides is 1. The van der Waals surface area contributed by atoms with Crippen molar-refractivity contribution in [1.29, 1.82) is 0 Å². The third kappa shape index (κ3) is 4.45. The number of nitrogens with one attached hydrogen (secondary N) is 2. The van der Waals surface area contributed by atoms with Crippen molar-refractivity contribution >= 4 is 44.8 Å². The van der Waals surface area contributed by atoms with Gasteiger partial charge in [-0.05, 0) is 37.3 Å². The molecule has 0 radical (unpaired) electrons. The highest BCUT2D eigenvalue weighted by Gasteiger charge is 2.24. The van der Waals surface area contributed by atoms with Crippen LogP contribution in [0.1, 0.15) is 6.92 Å². The number of anilines is 1. The van der Waals surface area contributed by atoms with E-state index in [1.54, 1.807) is 6.07 Å². The van der Waals surface area contributed by atoms with Crippen LogP contribution in [0.25, 0.3) is 0 Å². The van der Waals surface area contributed by atoms with Crippen LogP contribution in [-0.2, 0) is 14.8 Å². The Kier molecular flexibility index (Phi) is 5.82. The van der Waals surface area contributed by atoms with Crippen molar-refractivity contribution in [2.24, 2.45) is 0 Å². The van der Waals surface area contributed by atoms with Gasteiger partial charge in [0, 0.05) is 5.02 Å². The molecule has 0 unspecified atom stereocenters. The van der Waals surface area contributed by atoms with E-state index in [0.29, 0.717) is 0 Å². The summed E-state index contributed by atoms with van der Waals surface area (Å²) in [4.78, 5) is 11.8. The highest BCUT2D eigenvalue weighted by molar-refractivity contribution is 7.89. The minimum atomic E-state index is -4.08. The van der Waals surface area contributed by atoms with Crippen LogP contribution in [0.15, 0.2) is 47.4 Å². The van der Waals surface area contributed by atoms with E-state index in [9.17, 15) is 17.6 Å². The summed E-state index contributed by atoms with van der Waals surface area (Å²) >= 11 is 11.6. The number of rotatable bonds is 5. The second-order valence-electron chi connectivity index (χ2n) is 4.89. The van der Waals surface area contributed by atoms with Crippen LogP contribution in [0.4, 0.5) is 10.1 Å². The van der Waals surface area contributed by atoms with Crippen LogP contribution in [0.5, 0.6) is 0 Å². The van der Waals surface area contributed by atoms with Gasteiger partial charge >= 0.3 is 0 Å². The van der Waals surface area contributed by atoms with Gasteiger partial charge in [-0.1, -0.05) is 35.3 Å². The van der Waals surface area contributed by atoms with Gasteiger partial charge in [-0.3, -0.25) is 4.79 Å². The predicted octanol–water partition coefficient (Wildman–Crippen LogP) is 3.44. The van der Waals surface area contributed by atoms with E-state index in [1.807, 2.05) is 0 Å². The van der Waals surface area contributed by atoms with Crippen molar-refractivity contribution in [1.82, 2.24) is 4.72 Å². The summed E-state index contributed by atoms with van der Waals surface area (Å²) in [5, 5.41) is 2.46. The molecule has 5 nitrogen and oxygen atoms in total. The number of hydrogen-bond acceptors (Lipinski definition) is 3. The van der Waals surface area contributed by atoms with Crippen LogP contribution in [-0.4, -0.2) is 20.4 Å². The van der Waals surface area contributed by atoms with Gasteiger partial charge in [0.25, 0.3) is 0 Å². The molecule has 0 heterocycles. The Morgan fingerprint density at radius 2 is 1.83 bits per heavy atom. The maximum Gasteiger partial charge on any atom is 0.242 e. The smallest absolute Gasteiger partial charge is 0.242 e. The van der Waals surface area contributed by atoms with E-state index in [1.165, 1.54) is 43.3 Å². The Labute approximate surface area is 148 Å². The number of sulfonamides is 1. The topological polar surface area (TPSA) is 75.3 Å². The first-order valence-corrected chi connectivity index (χ1v) is 8.97. The molecule has 9 heteroatoms. The fourth-order valence-corrected chi connectivity index (χ4v) is 3.80. The van der Waals surface area contributed by atoms with Crippen molar-refractivity contribution in [2.45, 2.75) is 17.9 Å². The molecular weight excluding hydrogens is 378 g/mol. The number of hydrogen-bond donors (Lipinski definition) is 2. The number of para-hydroxylation sites is 1. The Morgan fingerprint density at radius 1 is 1.17 bits per heavy atom. The summed E-state index contributed by atoms with van der Waals surface area (Å²) in [5.41, 5.74) is -0.0469. The lowest BCUT2D eigenvalue weighted by atomic mass is 10.2. The van der Waals surface area contributed by atoms with Crippen molar-refractivity contribution < 1.29 is 17.6 Å². The van der Waals surface area contributed by atoms with E-state index in [2.05, 4.69) is 10.0 Å². The molecule has 1 amide bonds. The molecule has 24 heavy (non-hydrogen) atoms. The molecule has 2 aromatic carbocycles. The maximum atomic E-state index is 13.5. The lowest BCUT2D eigenvalue weighted by molar-refractivity contribution is -0.117. The van der Waals surface area contributed by atoms with Crippen molar-refractivity contribution in [3.8, 4) is 0 Å². The Bertz CT molecular complexity index is 875. The summed E-state index contributed by atoms with van der Waals surface area (Å²) in [5.74, 6) is -1.35. The largest absolute Gasteiger partial charge is 0.322 e. The average Bonchev–Trinajstić information content (AvgIpc) is 2.51. The first kappa shape index (κ1) is 18.7. The molecule has 2 aromatic rings. The molecule has 2 N–H and O–H groups in total. The standard InChI is InChI=1S/C15H13Cl2FN2O3S/c1-9(15(21)19-13-5-3-2-4-12(13)18)20-24(22,23)14-8-10(16)6-7-11(14)17/h2-9,20H,1H3,(H,19,21)/t9-/m1/s1. The third-order valence-electron chi connectivity index (χ3n) is 3.04. The molecule has 0 aliphatic rings. The summed E-state index contributed by atoms with van der Waals surface area (Å²) in [6.45, 7) is 1.33. The van der Waals surface area contributed by atoms with Crippen LogP contribution in [0, 0.1) is 5.82 Å². The fourth-order valence-electron chi connectivity index (χ4n) is 1.84. The predicted molar refractivity (Wildman–Crippen MR) is 91.3 cm³/mol. The summed E-state index contributed by atoms with van der Waals surface area (Å²) in [6, 6.07) is 8.34. The average molecular weight is 391 g/mol. The molecule has 0 aliphatic carbocycles. The molecular formula is C15H13Cl2FN2O3S. The summed E-state index contributed by atoms with van der Waals surface area (Å²) < 4.78 is 40.4. The zero-order valence-electron chi connectivity index (χ0n) is 12.4. The van der Waals surface area contributed by atoms with Crippen molar-refractivity contribution in [3.63, 3.8) is 0 Å². The van der Waals surface area contributed by atoms with Crippen LogP contribution in [0.2, 0.25) is 10.0 Å². The third-order valence-corrected chi connectivity index (χ3v) is 5.30. The number of carbonyl (C=O) groups is 1. The quantitative estimate of drug-likeness (QED) is 0.820. The second-order valence-corrected chi connectivity index (χ2v) is 7.41. The summed E-state index contributed by atoms with van der Waals surface area (Å²) in [6.07, 6.45) is 0. The van der Waals surface area contributed by atoms with E-state index in [4.69, 9.17) is 23.2 Å². The van der Waals surface area contributed by atoms with Gasteiger partial charge in [0.15, 0.2) is 0 Å². The summed E-state index contributed by atoms with van der Waals surface area (Å²) in [7, 11) is -4.08. The first-order valence-electron chi connectivity index (χ1n) is 6.73. The van der Waals surface area contributed by atoms with Gasteiger partial charge in [0.05, 0.1) is 16.8 Å². The molecule has 0 aliphatic heterocycles. The van der Waals surface area contributed by atoms with Crippen LogP contribution in [0.3, 0.4) is 0 Å². The molecule has 2 rings (SSSR count). The lowest BCUT2D eigenvalue weighted by Gasteiger charge is -2.15. The molecule has 0 spiro atoms. The Balaban J connectivity index is 2.16. The number of carbonyl (C=O) groups excluding carboxylic acids is 1. The minimum Gasteiger partial charge on any atom is -0.322 e. The molecule has 0 bridgehead atoms. The van der Waals surface area contributed by atoms with Gasteiger partial charge < -0.3 is 5.32 Å². The monoisotopic (exact) mass is 390 g/mol. The van der Waals surface area contributed by atoms with Crippen LogP contribution >= 0.6 is 23.2 Å². The molecule has 1 atom stereocenters. The van der Waals surface area contributed by atoms with E-state index in [-0.39, 0.29) is 20.6 Å². The van der Waals surface area contributed by atoms with Crippen molar-refractivity contribution in [2.75, 3.05) is 5.32 Å². The zero-order valence-corrected chi connectivity index (χ0v) is 14.7. The Hall–Kier alpha value is -1.67. The zero-order chi connectivity index (χ0) is 17.9. The SMILES string of the molecule is C[C@@H](NS(=O)(=O)c1cc(Cl)ccc1Cl)C(=O)Nc1ccccc1F. The normalized spacial score (nSPS) is 12.7. The highest BCUT2D eigenvalue weighted by atomic mass is 35.5.